The van der Waals surface area contributed by atoms with Gasteiger partial charge in [0.25, 0.3) is 0 Å². The van der Waals surface area contributed by atoms with Crippen molar-refractivity contribution in [2.75, 3.05) is 30.0 Å². The van der Waals surface area contributed by atoms with Crippen molar-refractivity contribution in [3.63, 3.8) is 0 Å². The lowest BCUT2D eigenvalue weighted by molar-refractivity contribution is -0.274. The molecule has 1 aliphatic rings. The monoisotopic (exact) mass is 538 g/mol. The van der Waals surface area contributed by atoms with Gasteiger partial charge in [0.2, 0.25) is 0 Å². The van der Waals surface area contributed by atoms with Crippen LogP contribution in [0, 0.1) is 0 Å². The number of alkyl halides is 6. The molecule has 3 aromatic carbocycles. The number of nitrogens with zero attached hydrogens (tertiary/aromatic N) is 2. The van der Waals surface area contributed by atoms with Crippen molar-refractivity contribution >= 4 is 17.3 Å². The fraction of sp³-hybridized carbons (Fsp3) is 0.296. The van der Waals surface area contributed by atoms with Crippen LogP contribution in [0.1, 0.15) is 33.9 Å². The molecule has 5 nitrogen and oxygen atoms in total. The first-order valence-electron chi connectivity index (χ1n) is 11.6. The fourth-order valence-corrected chi connectivity index (χ4v) is 4.56. The molecule has 1 heterocycles. The standard InChI is InChI=1S/C27H24F6N2O3/c1-37-25(36)20-8-5-7-19(15-20)24-17-34(16-18-6-4-9-21(14-18)38-27(31,32)33)22-10-2-3-11-23(22)35(24)13-12-26(28,29)30/h2-11,14-15,24H,12-13,16-17H2,1H3. The average Bonchev–Trinajstić information content (AvgIpc) is 2.86. The van der Waals surface area contributed by atoms with Crippen LogP contribution < -0.4 is 14.5 Å². The summed E-state index contributed by atoms with van der Waals surface area (Å²) in [6.07, 6.45) is -10.3. The van der Waals surface area contributed by atoms with Crippen LogP contribution in [-0.4, -0.2) is 38.7 Å². The van der Waals surface area contributed by atoms with Crippen LogP contribution in [0.4, 0.5) is 37.7 Å². The van der Waals surface area contributed by atoms with E-state index in [4.69, 9.17) is 4.74 Å². The third-order valence-corrected chi connectivity index (χ3v) is 6.14. The van der Waals surface area contributed by atoms with Gasteiger partial charge in [-0.15, -0.1) is 13.2 Å². The predicted octanol–water partition coefficient (Wildman–Crippen LogP) is 6.89. The van der Waals surface area contributed by atoms with E-state index in [9.17, 15) is 31.1 Å². The van der Waals surface area contributed by atoms with Crippen LogP contribution >= 0.6 is 0 Å². The van der Waals surface area contributed by atoms with Crippen molar-refractivity contribution in [2.45, 2.75) is 31.5 Å². The second-order valence-electron chi connectivity index (χ2n) is 8.76. The Morgan fingerprint density at radius 2 is 1.63 bits per heavy atom. The third kappa shape index (κ3) is 6.70. The first-order chi connectivity index (χ1) is 17.9. The van der Waals surface area contributed by atoms with E-state index >= 15 is 0 Å². The number of benzene rings is 3. The molecule has 0 amide bonds. The Morgan fingerprint density at radius 1 is 0.921 bits per heavy atom. The van der Waals surface area contributed by atoms with Gasteiger partial charge < -0.3 is 19.3 Å². The van der Waals surface area contributed by atoms with Crippen LogP contribution in [-0.2, 0) is 11.3 Å². The van der Waals surface area contributed by atoms with E-state index in [0.717, 1.165) is 0 Å². The number of halogens is 6. The highest BCUT2D eigenvalue weighted by atomic mass is 19.4. The zero-order chi connectivity index (χ0) is 27.5. The van der Waals surface area contributed by atoms with Gasteiger partial charge in [0, 0.05) is 19.6 Å². The SMILES string of the molecule is COC(=O)c1cccc(C2CN(Cc3cccc(OC(F)(F)F)c3)c3ccccc3N2CCC(F)(F)F)c1. The number of ether oxygens (including phenoxy) is 2. The summed E-state index contributed by atoms with van der Waals surface area (Å²) < 4.78 is 86.8. The van der Waals surface area contributed by atoms with E-state index < -0.39 is 31.0 Å². The first kappa shape index (κ1) is 27.2. The molecule has 0 N–H and O–H groups in total. The number of fused-ring (bicyclic) bond motifs is 1. The molecule has 3 aromatic rings. The average molecular weight is 538 g/mol. The van der Waals surface area contributed by atoms with Crippen molar-refractivity contribution in [3.8, 4) is 5.75 Å². The number of rotatable bonds is 7. The summed E-state index contributed by atoms with van der Waals surface area (Å²) in [6.45, 7) is 0.0621. The van der Waals surface area contributed by atoms with E-state index in [0.29, 0.717) is 22.5 Å². The molecule has 0 aromatic heterocycles. The molecule has 1 unspecified atom stereocenters. The zero-order valence-corrected chi connectivity index (χ0v) is 20.2. The van der Waals surface area contributed by atoms with Gasteiger partial charge in [-0.25, -0.2) is 4.79 Å². The van der Waals surface area contributed by atoms with Crippen LogP contribution in [0.5, 0.6) is 5.75 Å². The van der Waals surface area contributed by atoms with Gasteiger partial charge in [-0.2, -0.15) is 13.2 Å². The fourth-order valence-electron chi connectivity index (χ4n) is 4.56. The number of para-hydroxylation sites is 2. The third-order valence-electron chi connectivity index (χ3n) is 6.14. The van der Waals surface area contributed by atoms with Gasteiger partial charge >= 0.3 is 18.5 Å². The van der Waals surface area contributed by atoms with Gasteiger partial charge in [-0.05, 0) is 47.5 Å². The van der Waals surface area contributed by atoms with Crippen LogP contribution in [0.2, 0.25) is 0 Å². The maximum Gasteiger partial charge on any atom is 0.573 e. The minimum atomic E-state index is -4.84. The second kappa shape index (κ2) is 10.8. The van der Waals surface area contributed by atoms with Crippen molar-refractivity contribution in [1.82, 2.24) is 0 Å². The van der Waals surface area contributed by atoms with Crippen molar-refractivity contribution in [1.29, 1.82) is 0 Å². The van der Waals surface area contributed by atoms with Crippen molar-refractivity contribution in [2.24, 2.45) is 0 Å². The second-order valence-corrected chi connectivity index (χ2v) is 8.76. The van der Waals surface area contributed by atoms with E-state index in [1.165, 1.54) is 25.3 Å². The number of carbonyl (C=O) groups is 1. The van der Waals surface area contributed by atoms with Crippen molar-refractivity contribution in [3.05, 3.63) is 89.5 Å². The Hall–Kier alpha value is -3.89. The minimum absolute atomic E-state index is 0.173. The molecule has 0 saturated carbocycles. The molecule has 0 fully saturated rings. The smallest absolute Gasteiger partial charge is 0.465 e. The summed E-state index contributed by atoms with van der Waals surface area (Å²) in [6, 6.07) is 18.4. The number of hydrogen-bond acceptors (Lipinski definition) is 5. The quantitative estimate of drug-likeness (QED) is 0.242. The molecular formula is C27H24F6N2O3. The summed E-state index contributed by atoms with van der Waals surface area (Å²) >= 11 is 0. The molecule has 1 aliphatic heterocycles. The highest BCUT2D eigenvalue weighted by molar-refractivity contribution is 5.89. The Labute approximate surface area is 215 Å². The van der Waals surface area contributed by atoms with E-state index in [2.05, 4.69) is 4.74 Å². The predicted molar refractivity (Wildman–Crippen MR) is 129 cm³/mol. The zero-order valence-electron chi connectivity index (χ0n) is 20.2. The highest BCUT2D eigenvalue weighted by Gasteiger charge is 2.36. The molecular weight excluding hydrogens is 514 g/mol. The molecule has 0 spiro atoms. The highest BCUT2D eigenvalue weighted by Crippen LogP contribution is 2.42. The summed E-state index contributed by atoms with van der Waals surface area (Å²) in [5, 5.41) is 0. The lowest BCUT2D eigenvalue weighted by Crippen LogP contribution is -2.44. The number of anilines is 2. The summed E-state index contributed by atoms with van der Waals surface area (Å²) in [5.74, 6) is -0.947. The normalized spacial score (nSPS) is 15.7. The van der Waals surface area contributed by atoms with Crippen LogP contribution in [0.3, 0.4) is 0 Å². The molecule has 0 radical (unpaired) electrons. The Kier molecular flexibility index (Phi) is 7.75. The van der Waals surface area contributed by atoms with Crippen LogP contribution in [0.15, 0.2) is 72.8 Å². The first-order valence-corrected chi connectivity index (χ1v) is 11.6. The van der Waals surface area contributed by atoms with E-state index in [1.807, 2.05) is 4.90 Å². The lowest BCUT2D eigenvalue weighted by Gasteiger charge is -2.45. The number of esters is 1. The largest absolute Gasteiger partial charge is 0.573 e. The Balaban J connectivity index is 1.73. The maximum absolute atomic E-state index is 13.3. The number of methoxy groups -OCH3 is 1. The van der Waals surface area contributed by atoms with E-state index in [-0.39, 0.29) is 30.9 Å². The maximum atomic E-state index is 13.3. The molecule has 38 heavy (non-hydrogen) atoms. The molecule has 0 bridgehead atoms. The number of carbonyl (C=O) groups excluding carboxylic acids is 1. The molecule has 11 heteroatoms. The summed E-state index contributed by atoms with van der Waals surface area (Å²) in [7, 11) is 1.24. The topological polar surface area (TPSA) is 42.0 Å². The van der Waals surface area contributed by atoms with Gasteiger partial charge in [0.05, 0.1) is 36.5 Å². The molecule has 0 aliphatic carbocycles. The minimum Gasteiger partial charge on any atom is -0.465 e. The van der Waals surface area contributed by atoms with Crippen molar-refractivity contribution < 1.29 is 40.6 Å². The molecule has 4 rings (SSSR count). The molecule has 1 atom stereocenters. The van der Waals surface area contributed by atoms with E-state index in [1.54, 1.807) is 59.5 Å². The summed E-state index contributed by atoms with van der Waals surface area (Å²) in [4.78, 5) is 15.7. The summed E-state index contributed by atoms with van der Waals surface area (Å²) in [5.41, 5.74) is 2.55. The van der Waals surface area contributed by atoms with Gasteiger partial charge in [0.15, 0.2) is 0 Å². The number of hydrogen-bond donors (Lipinski definition) is 0. The van der Waals surface area contributed by atoms with Gasteiger partial charge in [-0.1, -0.05) is 36.4 Å². The lowest BCUT2D eigenvalue weighted by atomic mass is 9.97. The Bertz CT molecular complexity index is 1280. The Morgan fingerprint density at radius 3 is 2.32 bits per heavy atom. The molecule has 202 valence electrons. The molecule has 0 saturated heterocycles. The van der Waals surface area contributed by atoms with Gasteiger partial charge in [-0.3, -0.25) is 0 Å². The van der Waals surface area contributed by atoms with Gasteiger partial charge in [0.1, 0.15) is 5.75 Å². The van der Waals surface area contributed by atoms with Crippen LogP contribution in [0.25, 0.3) is 0 Å².